The summed E-state index contributed by atoms with van der Waals surface area (Å²) < 4.78 is 18.9. The largest absolute Gasteiger partial charge is 0.491 e. The van der Waals surface area contributed by atoms with E-state index in [4.69, 9.17) is 4.74 Å². The Morgan fingerprint density at radius 3 is 2.62 bits per heavy atom. The van der Waals surface area contributed by atoms with Gasteiger partial charge in [-0.15, -0.1) is 0 Å². The van der Waals surface area contributed by atoms with Crippen LogP contribution >= 0.6 is 0 Å². The van der Waals surface area contributed by atoms with E-state index in [-0.39, 0.29) is 5.82 Å². The van der Waals surface area contributed by atoms with Crippen LogP contribution in [-0.4, -0.2) is 13.2 Å². The molecular weight excluding hydrogens is 265 g/mol. The quantitative estimate of drug-likeness (QED) is 0.697. The van der Waals surface area contributed by atoms with Crippen LogP contribution in [0.25, 0.3) is 10.8 Å². The van der Waals surface area contributed by atoms with Crippen molar-refractivity contribution in [3.63, 3.8) is 0 Å². The third-order valence-electron chi connectivity index (χ3n) is 3.26. The number of nitrogens with one attached hydrogen (secondary N) is 1. The van der Waals surface area contributed by atoms with Gasteiger partial charge in [-0.25, -0.2) is 4.39 Å². The van der Waals surface area contributed by atoms with Crippen LogP contribution in [0.5, 0.6) is 5.75 Å². The molecule has 106 valence electrons. The molecule has 3 rings (SSSR count). The van der Waals surface area contributed by atoms with Crippen LogP contribution in [-0.2, 0) is 0 Å². The van der Waals surface area contributed by atoms with Crippen molar-refractivity contribution in [3.8, 4) is 5.75 Å². The zero-order valence-electron chi connectivity index (χ0n) is 11.6. The molecule has 0 aliphatic carbocycles. The van der Waals surface area contributed by atoms with Crippen LogP contribution in [0.3, 0.4) is 0 Å². The van der Waals surface area contributed by atoms with Gasteiger partial charge in [0, 0.05) is 17.6 Å². The van der Waals surface area contributed by atoms with Gasteiger partial charge < -0.3 is 10.1 Å². The van der Waals surface area contributed by atoms with E-state index in [2.05, 4.69) is 17.4 Å². The molecule has 0 atom stereocenters. The van der Waals surface area contributed by atoms with E-state index in [1.54, 1.807) is 6.07 Å². The van der Waals surface area contributed by atoms with Crippen molar-refractivity contribution < 1.29 is 9.13 Å². The summed E-state index contributed by atoms with van der Waals surface area (Å²) in [5.41, 5.74) is 0.761. The minimum absolute atomic E-state index is 0.241. The Morgan fingerprint density at radius 1 is 0.905 bits per heavy atom. The number of benzene rings is 3. The SMILES string of the molecule is Fc1cccc(NCCOc2cccc3ccccc23)c1. The molecule has 0 aliphatic rings. The van der Waals surface area contributed by atoms with Gasteiger partial charge in [0.25, 0.3) is 0 Å². The molecule has 0 aliphatic heterocycles. The summed E-state index contributed by atoms with van der Waals surface area (Å²) in [7, 11) is 0. The van der Waals surface area contributed by atoms with Crippen molar-refractivity contribution in [2.45, 2.75) is 0 Å². The van der Waals surface area contributed by atoms with Crippen molar-refractivity contribution in [2.75, 3.05) is 18.5 Å². The first-order valence-electron chi connectivity index (χ1n) is 6.93. The Balaban J connectivity index is 1.60. The fourth-order valence-electron chi connectivity index (χ4n) is 2.28. The number of halogens is 1. The number of hydrogen-bond donors (Lipinski definition) is 1. The van der Waals surface area contributed by atoms with Crippen LogP contribution in [0, 0.1) is 5.82 Å². The highest BCUT2D eigenvalue weighted by molar-refractivity contribution is 5.88. The van der Waals surface area contributed by atoms with E-state index in [1.807, 2.05) is 36.4 Å². The second-order valence-corrected chi connectivity index (χ2v) is 4.76. The van der Waals surface area contributed by atoms with Gasteiger partial charge in [0.15, 0.2) is 0 Å². The van der Waals surface area contributed by atoms with Crippen LogP contribution in [0.15, 0.2) is 66.7 Å². The first kappa shape index (κ1) is 13.4. The Hall–Kier alpha value is -2.55. The zero-order valence-corrected chi connectivity index (χ0v) is 11.6. The van der Waals surface area contributed by atoms with Crippen molar-refractivity contribution in [2.24, 2.45) is 0 Å². The first-order valence-corrected chi connectivity index (χ1v) is 6.93. The number of rotatable bonds is 5. The van der Waals surface area contributed by atoms with Gasteiger partial charge in [0.1, 0.15) is 18.2 Å². The first-order chi connectivity index (χ1) is 10.3. The summed E-state index contributed by atoms with van der Waals surface area (Å²) in [6.45, 7) is 1.14. The monoisotopic (exact) mass is 281 g/mol. The maximum absolute atomic E-state index is 13.0. The Labute approximate surface area is 123 Å². The minimum atomic E-state index is -0.241. The Bertz CT molecular complexity index is 737. The molecular formula is C18H16FNO. The molecule has 0 fully saturated rings. The molecule has 0 aromatic heterocycles. The number of fused-ring (bicyclic) bond motifs is 1. The normalized spacial score (nSPS) is 10.5. The maximum atomic E-state index is 13.0. The van der Waals surface area contributed by atoms with Crippen LogP contribution in [0.1, 0.15) is 0 Å². The van der Waals surface area contributed by atoms with E-state index in [0.717, 1.165) is 22.2 Å². The third-order valence-corrected chi connectivity index (χ3v) is 3.26. The average Bonchev–Trinajstić information content (AvgIpc) is 2.52. The highest BCUT2D eigenvalue weighted by Gasteiger charge is 2.01. The second-order valence-electron chi connectivity index (χ2n) is 4.76. The number of ether oxygens (including phenoxy) is 1. The van der Waals surface area contributed by atoms with Gasteiger partial charge in [-0.1, -0.05) is 42.5 Å². The fourth-order valence-corrected chi connectivity index (χ4v) is 2.28. The molecule has 0 saturated carbocycles. The van der Waals surface area contributed by atoms with E-state index >= 15 is 0 Å². The van der Waals surface area contributed by atoms with Gasteiger partial charge in [0.2, 0.25) is 0 Å². The third kappa shape index (κ3) is 3.31. The Kier molecular flexibility index (Phi) is 4.01. The number of hydrogen-bond acceptors (Lipinski definition) is 2. The molecule has 0 heterocycles. The molecule has 3 heteroatoms. The standard InChI is InChI=1S/C18H16FNO/c19-15-7-4-8-16(13-15)20-11-12-21-18-10-3-6-14-5-1-2-9-17(14)18/h1-10,13,20H,11-12H2. The lowest BCUT2D eigenvalue weighted by Gasteiger charge is -2.10. The van der Waals surface area contributed by atoms with Gasteiger partial charge in [0.05, 0.1) is 0 Å². The smallest absolute Gasteiger partial charge is 0.127 e. The maximum Gasteiger partial charge on any atom is 0.127 e. The highest BCUT2D eigenvalue weighted by atomic mass is 19.1. The molecule has 0 radical (unpaired) electrons. The highest BCUT2D eigenvalue weighted by Crippen LogP contribution is 2.24. The summed E-state index contributed by atoms with van der Waals surface area (Å²) in [5.74, 6) is 0.629. The molecule has 3 aromatic rings. The summed E-state index contributed by atoms with van der Waals surface area (Å²) in [6, 6.07) is 20.5. The van der Waals surface area contributed by atoms with Crippen molar-refractivity contribution >= 4 is 16.5 Å². The van der Waals surface area contributed by atoms with Gasteiger partial charge in [-0.05, 0) is 29.7 Å². The van der Waals surface area contributed by atoms with Crippen molar-refractivity contribution in [1.82, 2.24) is 0 Å². The van der Waals surface area contributed by atoms with Crippen LogP contribution < -0.4 is 10.1 Å². The van der Waals surface area contributed by atoms with E-state index in [1.165, 1.54) is 12.1 Å². The van der Waals surface area contributed by atoms with E-state index < -0.39 is 0 Å². The second kappa shape index (κ2) is 6.27. The summed E-state index contributed by atoms with van der Waals surface area (Å²) in [6.07, 6.45) is 0. The predicted octanol–water partition coefficient (Wildman–Crippen LogP) is 4.47. The van der Waals surface area contributed by atoms with Crippen molar-refractivity contribution in [3.05, 3.63) is 72.5 Å². The lowest BCUT2D eigenvalue weighted by molar-refractivity contribution is 0.337. The lowest BCUT2D eigenvalue weighted by Crippen LogP contribution is -2.11. The van der Waals surface area contributed by atoms with E-state index in [9.17, 15) is 4.39 Å². The summed E-state index contributed by atoms with van der Waals surface area (Å²) in [4.78, 5) is 0. The van der Waals surface area contributed by atoms with E-state index in [0.29, 0.717) is 13.2 Å². The molecule has 3 aromatic carbocycles. The molecule has 0 unspecified atom stereocenters. The van der Waals surface area contributed by atoms with Gasteiger partial charge in [-0.2, -0.15) is 0 Å². The average molecular weight is 281 g/mol. The molecule has 1 N–H and O–H groups in total. The topological polar surface area (TPSA) is 21.3 Å². The molecule has 2 nitrogen and oxygen atoms in total. The predicted molar refractivity (Wildman–Crippen MR) is 84.3 cm³/mol. The minimum Gasteiger partial charge on any atom is -0.491 e. The molecule has 0 bridgehead atoms. The molecule has 0 saturated heterocycles. The van der Waals surface area contributed by atoms with Gasteiger partial charge in [-0.3, -0.25) is 0 Å². The zero-order chi connectivity index (χ0) is 14.5. The van der Waals surface area contributed by atoms with Crippen LogP contribution in [0.4, 0.5) is 10.1 Å². The summed E-state index contributed by atoms with van der Waals surface area (Å²) >= 11 is 0. The Morgan fingerprint density at radius 2 is 1.71 bits per heavy atom. The van der Waals surface area contributed by atoms with Gasteiger partial charge >= 0.3 is 0 Å². The summed E-state index contributed by atoms with van der Waals surface area (Å²) in [5, 5.41) is 5.40. The lowest BCUT2D eigenvalue weighted by atomic mass is 10.1. The molecule has 21 heavy (non-hydrogen) atoms. The molecule has 0 spiro atoms. The molecule has 0 amide bonds. The van der Waals surface area contributed by atoms with Crippen LogP contribution in [0.2, 0.25) is 0 Å². The van der Waals surface area contributed by atoms with Crippen molar-refractivity contribution in [1.29, 1.82) is 0 Å². The fraction of sp³-hybridized carbons (Fsp3) is 0.111. The number of anilines is 1.